The molecule has 0 saturated carbocycles. The summed E-state index contributed by atoms with van der Waals surface area (Å²) in [5.41, 5.74) is 5.23. The summed E-state index contributed by atoms with van der Waals surface area (Å²) in [6.07, 6.45) is 11.3. The minimum atomic E-state index is -0.674. The van der Waals surface area contributed by atoms with Gasteiger partial charge in [0.2, 0.25) is 17.8 Å². The molecule has 4 aliphatic rings. The number of amides is 2. The zero-order valence-electron chi connectivity index (χ0n) is 32.1. The van der Waals surface area contributed by atoms with Crippen LogP contribution >= 0.6 is 11.6 Å². The predicted molar refractivity (Wildman–Crippen MR) is 220 cm³/mol. The molecule has 294 valence electrons. The number of aryl methyl sites for hydroxylation is 1. The Kier molecular flexibility index (Phi) is 10.3. The molecule has 2 aromatic carbocycles. The molecule has 0 spiro atoms. The van der Waals surface area contributed by atoms with E-state index in [1.807, 2.05) is 30.5 Å². The number of hydrogen-bond acceptors (Lipinski definition) is 9. The summed E-state index contributed by atoms with van der Waals surface area (Å²) in [4.78, 5) is 58.3. The normalized spacial score (nSPS) is 22.1. The lowest BCUT2D eigenvalue weighted by molar-refractivity contribution is -0.135. The van der Waals surface area contributed by atoms with Gasteiger partial charge in [-0.25, -0.2) is 14.8 Å². The number of nitrogens with one attached hydrogen (secondary N) is 3. The lowest BCUT2D eigenvalue weighted by atomic mass is 9.91. The summed E-state index contributed by atoms with van der Waals surface area (Å²) in [5.74, 6) is 1.39. The molecule has 2 amide bonds. The van der Waals surface area contributed by atoms with Gasteiger partial charge in [-0.3, -0.25) is 24.0 Å². The second-order valence-electron chi connectivity index (χ2n) is 16.4. The Hall–Kier alpha value is -4.72. The van der Waals surface area contributed by atoms with Gasteiger partial charge in [-0.15, -0.1) is 0 Å². The quantitative estimate of drug-likeness (QED) is 0.159. The van der Waals surface area contributed by atoms with E-state index in [-0.39, 0.29) is 18.0 Å². The standard InChI is InChI=1S/C42H51ClN10O3/c1-49-39-34(7-4-8-35(39)53(42(49)56)36-9-10-37(54)47-40(36)55)52-21-14-28(15-22-52)25-50-17-11-27(12-18-50)13-19-51-20-16-29(26-51)46-41-45-24-32(43)38(48-41)31-23-44-33-6-3-2-5-30(31)33/h2-8,23-24,27-29,36,44H,9-22,25-26H2,1H3,(H,45,46,48)(H,47,54,55)/t29-,36?/m1/s1. The SMILES string of the molecule is Cn1c(=O)n(C2CCC(=O)NC2=O)c2cccc(N3CCC(CN4CCC(CCN5CC[C@@H](Nc6ncc(Cl)c(-c7c[nH]c8ccccc78)n6)C5)CC4)CC3)c21. The third-order valence-corrected chi connectivity index (χ3v) is 13.1. The van der Waals surface area contributed by atoms with Crippen molar-refractivity contribution < 1.29 is 9.59 Å². The first kappa shape index (κ1) is 36.9. The van der Waals surface area contributed by atoms with Crippen LogP contribution in [0.1, 0.15) is 57.4 Å². The van der Waals surface area contributed by atoms with Crippen molar-refractivity contribution in [3.8, 4) is 11.3 Å². The monoisotopic (exact) mass is 778 g/mol. The summed E-state index contributed by atoms with van der Waals surface area (Å²) in [6, 6.07) is 13.8. The molecule has 9 rings (SSSR count). The number of carbonyl (C=O) groups is 2. The molecule has 0 radical (unpaired) electrons. The van der Waals surface area contributed by atoms with E-state index in [4.69, 9.17) is 16.6 Å². The minimum Gasteiger partial charge on any atom is -0.370 e. The van der Waals surface area contributed by atoms with Gasteiger partial charge in [-0.1, -0.05) is 35.9 Å². The topological polar surface area (TPSA) is 136 Å². The number of imidazole rings is 1. The highest BCUT2D eigenvalue weighted by Gasteiger charge is 2.33. The lowest BCUT2D eigenvalue weighted by Gasteiger charge is -2.38. The molecule has 56 heavy (non-hydrogen) atoms. The van der Waals surface area contributed by atoms with Crippen LogP contribution in [0.2, 0.25) is 5.02 Å². The Morgan fingerprint density at radius 1 is 0.893 bits per heavy atom. The van der Waals surface area contributed by atoms with Crippen LogP contribution in [0.4, 0.5) is 11.6 Å². The Labute approximate surface area is 331 Å². The number of carbonyl (C=O) groups excluding carboxylic acids is 2. The van der Waals surface area contributed by atoms with E-state index in [1.54, 1.807) is 22.4 Å². The number of H-pyrrole nitrogens is 1. The number of hydrogen-bond donors (Lipinski definition) is 3. The number of aromatic amines is 1. The van der Waals surface area contributed by atoms with Crippen LogP contribution in [0.5, 0.6) is 0 Å². The van der Waals surface area contributed by atoms with Crippen LogP contribution < -0.4 is 21.2 Å². The Morgan fingerprint density at radius 3 is 2.50 bits per heavy atom. The second kappa shape index (κ2) is 15.7. The number of imide groups is 1. The summed E-state index contributed by atoms with van der Waals surface area (Å²) in [5, 5.41) is 7.65. The molecule has 3 N–H and O–H groups in total. The number of likely N-dealkylation sites (tertiary alicyclic amines) is 2. The van der Waals surface area contributed by atoms with Gasteiger partial charge in [0.25, 0.3) is 0 Å². The molecule has 2 atom stereocenters. The largest absolute Gasteiger partial charge is 0.370 e. The highest BCUT2D eigenvalue weighted by molar-refractivity contribution is 6.33. The summed E-state index contributed by atoms with van der Waals surface area (Å²) >= 11 is 6.57. The average Bonchev–Trinajstić information content (AvgIpc) is 3.92. The number of piperidine rings is 3. The smallest absolute Gasteiger partial charge is 0.329 e. The minimum absolute atomic E-state index is 0.220. The summed E-state index contributed by atoms with van der Waals surface area (Å²) in [7, 11) is 1.78. The van der Waals surface area contributed by atoms with Crippen molar-refractivity contribution in [3.05, 3.63) is 70.4 Å². The molecule has 5 aromatic rings. The van der Waals surface area contributed by atoms with E-state index in [1.165, 1.54) is 32.4 Å². The van der Waals surface area contributed by atoms with E-state index in [0.29, 0.717) is 29.4 Å². The molecule has 4 aliphatic heterocycles. The van der Waals surface area contributed by atoms with Gasteiger partial charge >= 0.3 is 5.69 Å². The molecule has 13 nitrogen and oxygen atoms in total. The van der Waals surface area contributed by atoms with Gasteiger partial charge in [-0.05, 0) is 94.6 Å². The zero-order valence-corrected chi connectivity index (χ0v) is 32.8. The fraction of sp³-hybridized carbons (Fsp3) is 0.500. The van der Waals surface area contributed by atoms with Gasteiger partial charge < -0.3 is 25.0 Å². The summed E-state index contributed by atoms with van der Waals surface area (Å²) in [6.45, 7) is 8.63. The van der Waals surface area contributed by atoms with Crippen molar-refractivity contribution in [2.24, 2.45) is 18.9 Å². The molecule has 3 aromatic heterocycles. The zero-order chi connectivity index (χ0) is 38.3. The first-order valence-corrected chi connectivity index (χ1v) is 20.8. The third-order valence-electron chi connectivity index (χ3n) is 12.8. The predicted octanol–water partition coefficient (Wildman–Crippen LogP) is 5.41. The number of rotatable bonds is 10. The van der Waals surface area contributed by atoms with Crippen molar-refractivity contribution in [1.29, 1.82) is 0 Å². The van der Waals surface area contributed by atoms with Crippen molar-refractivity contribution in [2.75, 3.05) is 62.6 Å². The number of fused-ring (bicyclic) bond motifs is 2. The molecule has 14 heteroatoms. The van der Waals surface area contributed by atoms with Crippen LogP contribution in [0.15, 0.2) is 59.7 Å². The third kappa shape index (κ3) is 7.32. The number of aromatic nitrogens is 5. The van der Waals surface area contributed by atoms with E-state index in [9.17, 15) is 14.4 Å². The first-order valence-electron chi connectivity index (χ1n) is 20.4. The van der Waals surface area contributed by atoms with Crippen LogP contribution in [0, 0.1) is 11.8 Å². The van der Waals surface area contributed by atoms with E-state index >= 15 is 0 Å². The second-order valence-corrected chi connectivity index (χ2v) is 16.8. The number of para-hydroxylation sites is 2. The van der Waals surface area contributed by atoms with Gasteiger partial charge in [0.15, 0.2) is 0 Å². The van der Waals surface area contributed by atoms with Crippen molar-refractivity contribution >= 4 is 57.0 Å². The lowest BCUT2D eigenvalue weighted by Crippen LogP contribution is -2.44. The van der Waals surface area contributed by atoms with E-state index in [0.717, 1.165) is 103 Å². The van der Waals surface area contributed by atoms with Crippen LogP contribution in [0.25, 0.3) is 33.2 Å². The first-order chi connectivity index (χ1) is 27.3. The van der Waals surface area contributed by atoms with Gasteiger partial charge in [-0.2, -0.15) is 0 Å². The van der Waals surface area contributed by atoms with Crippen LogP contribution in [-0.4, -0.2) is 104 Å². The Bertz CT molecular complexity index is 2300. The van der Waals surface area contributed by atoms with Crippen molar-refractivity contribution in [1.82, 2.24) is 39.2 Å². The molecular weight excluding hydrogens is 728 g/mol. The average molecular weight is 779 g/mol. The molecular formula is C42H51ClN10O3. The fourth-order valence-electron chi connectivity index (χ4n) is 9.68. The molecule has 4 fully saturated rings. The van der Waals surface area contributed by atoms with Gasteiger partial charge in [0.05, 0.1) is 33.6 Å². The summed E-state index contributed by atoms with van der Waals surface area (Å²) < 4.78 is 3.25. The highest BCUT2D eigenvalue weighted by atomic mass is 35.5. The molecule has 1 unspecified atom stereocenters. The fourth-order valence-corrected chi connectivity index (χ4v) is 9.87. The molecule has 4 saturated heterocycles. The number of anilines is 2. The highest BCUT2D eigenvalue weighted by Crippen LogP contribution is 2.34. The maximum Gasteiger partial charge on any atom is 0.329 e. The molecule has 0 bridgehead atoms. The molecule has 0 aliphatic carbocycles. The van der Waals surface area contributed by atoms with Crippen LogP contribution in [0.3, 0.4) is 0 Å². The van der Waals surface area contributed by atoms with E-state index < -0.39 is 11.9 Å². The van der Waals surface area contributed by atoms with Crippen molar-refractivity contribution in [2.45, 2.75) is 63.5 Å². The number of halogens is 1. The Balaban J connectivity index is 0.724. The van der Waals surface area contributed by atoms with Gasteiger partial charge in [0, 0.05) is 74.9 Å². The number of nitrogens with zero attached hydrogens (tertiary/aromatic N) is 7. The number of benzene rings is 2. The van der Waals surface area contributed by atoms with Crippen LogP contribution in [-0.2, 0) is 16.6 Å². The maximum atomic E-state index is 13.4. The van der Waals surface area contributed by atoms with E-state index in [2.05, 4.69) is 53.5 Å². The Morgan fingerprint density at radius 2 is 1.68 bits per heavy atom. The maximum absolute atomic E-state index is 13.4. The molecule has 7 heterocycles. The van der Waals surface area contributed by atoms with Gasteiger partial charge in [0.1, 0.15) is 6.04 Å². The van der Waals surface area contributed by atoms with Crippen molar-refractivity contribution in [3.63, 3.8) is 0 Å².